The maximum atomic E-state index is 13.3. The zero-order chi connectivity index (χ0) is 21.6. The average Bonchev–Trinajstić information content (AvgIpc) is 3.23. The van der Waals surface area contributed by atoms with Gasteiger partial charge in [-0.25, -0.2) is 4.39 Å². The fourth-order valence-corrected chi connectivity index (χ4v) is 3.59. The summed E-state index contributed by atoms with van der Waals surface area (Å²) in [5.41, 5.74) is 3.03. The van der Waals surface area contributed by atoms with Crippen molar-refractivity contribution in [1.29, 1.82) is 0 Å². The number of para-hydroxylation sites is 1. The Balaban J connectivity index is 1.43. The second-order valence-electron chi connectivity index (χ2n) is 7.71. The maximum Gasteiger partial charge on any atom is 0.231 e. The lowest BCUT2D eigenvalue weighted by Crippen LogP contribution is -2.35. The number of fused-ring (bicyclic) bond motifs is 1. The molecular formula is C25H26FNO4. The zero-order valence-corrected chi connectivity index (χ0v) is 17.5. The standard InChI is InChI=1S/C25H26FNO4/c1-18-4-2-3-5-23(18)29-16-22(28)15-27(13-19-6-9-21(26)10-7-19)14-20-8-11-24-25(12-20)31-17-30-24/h2-12,22,28H,13-17H2,1H3. The van der Waals surface area contributed by atoms with Gasteiger partial charge in [0.1, 0.15) is 24.3 Å². The van der Waals surface area contributed by atoms with Gasteiger partial charge in [-0.3, -0.25) is 4.90 Å². The number of ether oxygens (including phenoxy) is 3. The van der Waals surface area contributed by atoms with Crippen LogP contribution in [0.4, 0.5) is 4.39 Å². The summed E-state index contributed by atoms with van der Waals surface area (Å²) in [4.78, 5) is 2.11. The van der Waals surface area contributed by atoms with Crippen molar-refractivity contribution in [3.8, 4) is 17.2 Å². The van der Waals surface area contributed by atoms with Crippen molar-refractivity contribution in [2.45, 2.75) is 26.1 Å². The molecular weight excluding hydrogens is 397 g/mol. The van der Waals surface area contributed by atoms with Gasteiger partial charge in [0.05, 0.1) is 0 Å². The van der Waals surface area contributed by atoms with Crippen LogP contribution in [0.25, 0.3) is 0 Å². The highest BCUT2D eigenvalue weighted by Gasteiger charge is 2.17. The predicted molar refractivity (Wildman–Crippen MR) is 116 cm³/mol. The third kappa shape index (κ3) is 5.75. The smallest absolute Gasteiger partial charge is 0.231 e. The molecule has 0 fully saturated rings. The van der Waals surface area contributed by atoms with Gasteiger partial charge < -0.3 is 19.3 Å². The molecule has 0 spiro atoms. The van der Waals surface area contributed by atoms with E-state index in [0.717, 1.165) is 33.9 Å². The molecule has 3 aromatic carbocycles. The molecule has 0 radical (unpaired) electrons. The van der Waals surface area contributed by atoms with Crippen molar-refractivity contribution in [1.82, 2.24) is 4.90 Å². The van der Waals surface area contributed by atoms with E-state index in [4.69, 9.17) is 14.2 Å². The van der Waals surface area contributed by atoms with E-state index in [2.05, 4.69) is 4.90 Å². The van der Waals surface area contributed by atoms with Crippen molar-refractivity contribution in [3.05, 3.63) is 89.2 Å². The lowest BCUT2D eigenvalue weighted by molar-refractivity contribution is 0.0626. The molecule has 1 atom stereocenters. The van der Waals surface area contributed by atoms with E-state index in [0.29, 0.717) is 19.6 Å². The minimum absolute atomic E-state index is 0.186. The third-order valence-corrected chi connectivity index (χ3v) is 5.16. The average molecular weight is 423 g/mol. The molecule has 0 aromatic heterocycles. The highest BCUT2D eigenvalue weighted by molar-refractivity contribution is 5.44. The predicted octanol–water partition coefficient (Wildman–Crippen LogP) is 4.30. The molecule has 1 N–H and O–H groups in total. The van der Waals surface area contributed by atoms with Crippen molar-refractivity contribution in [3.63, 3.8) is 0 Å². The quantitative estimate of drug-likeness (QED) is 0.556. The normalized spacial score (nSPS) is 13.4. The van der Waals surface area contributed by atoms with E-state index >= 15 is 0 Å². The monoisotopic (exact) mass is 423 g/mol. The van der Waals surface area contributed by atoms with E-state index in [-0.39, 0.29) is 19.2 Å². The highest BCUT2D eigenvalue weighted by atomic mass is 19.1. The number of rotatable bonds is 9. The summed E-state index contributed by atoms with van der Waals surface area (Å²) >= 11 is 0. The molecule has 0 saturated heterocycles. The molecule has 0 amide bonds. The van der Waals surface area contributed by atoms with Gasteiger partial charge in [-0.15, -0.1) is 0 Å². The van der Waals surface area contributed by atoms with Crippen LogP contribution in [0.2, 0.25) is 0 Å². The molecule has 0 saturated carbocycles. The summed E-state index contributed by atoms with van der Waals surface area (Å²) in [5.74, 6) is 1.96. The topological polar surface area (TPSA) is 51.2 Å². The lowest BCUT2D eigenvalue weighted by Gasteiger charge is -2.25. The molecule has 162 valence electrons. The Kier molecular flexibility index (Phi) is 6.70. The van der Waals surface area contributed by atoms with E-state index in [1.807, 2.05) is 49.4 Å². The Labute approximate surface area is 181 Å². The summed E-state index contributed by atoms with van der Waals surface area (Å²) < 4.78 is 30.0. The second-order valence-corrected chi connectivity index (χ2v) is 7.71. The number of benzene rings is 3. The molecule has 31 heavy (non-hydrogen) atoms. The van der Waals surface area contributed by atoms with Crippen LogP contribution < -0.4 is 14.2 Å². The van der Waals surface area contributed by atoms with Gasteiger partial charge in [0, 0.05) is 19.6 Å². The zero-order valence-electron chi connectivity index (χ0n) is 17.5. The molecule has 1 unspecified atom stereocenters. The molecule has 4 rings (SSSR count). The van der Waals surface area contributed by atoms with Gasteiger partial charge in [0.15, 0.2) is 11.5 Å². The van der Waals surface area contributed by atoms with Crippen LogP contribution >= 0.6 is 0 Å². The van der Waals surface area contributed by atoms with Crippen molar-refractivity contribution < 1.29 is 23.7 Å². The minimum Gasteiger partial charge on any atom is -0.491 e. The van der Waals surface area contributed by atoms with E-state index < -0.39 is 6.10 Å². The van der Waals surface area contributed by atoms with Gasteiger partial charge >= 0.3 is 0 Å². The van der Waals surface area contributed by atoms with Crippen LogP contribution in [0.5, 0.6) is 17.2 Å². The minimum atomic E-state index is -0.686. The molecule has 0 aliphatic carbocycles. The first-order valence-electron chi connectivity index (χ1n) is 10.3. The van der Waals surface area contributed by atoms with Crippen LogP contribution in [-0.2, 0) is 13.1 Å². The largest absolute Gasteiger partial charge is 0.491 e. The Morgan fingerprint density at radius 1 is 0.968 bits per heavy atom. The van der Waals surface area contributed by atoms with Gasteiger partial charge in [0.2, 0.25) is 6.79 Å². The SMILES string of the molecule is Cc1ccccc1OCC(O)CN(Cc1ccc(F)cc1)Cc1ccc2c(c1)OCO2. The summed E-state index contributed by atoms with van der Waals surface area (Å²) in [7, 11) is 0. The number of halogens is 1. The Morgan fingerprint density at radius 3 is 2.48 bits per heavy atom. The van der Waals surface area contributed by atoms with Crippen LogP contribution in [0.3, 0.4) is 0 Å². The van der Waals surface area contributed by atoms with Gasteiger partial charge in [-0.05, 0) is 53.9 Å². The van der Waals surface area contributed by atoms with Crippen LogP contribution in [0.1, 0.15) is 16.7 Å². The first-order valence-corrected chi connectivity index (χ1v) is 10.3. The third-order valence-electron chi connectivity index (χ3n) is 5.16. The summed E-state index contributed by atoms with van der Waals surface area (Å²) in [5, 5.41) is 10.7. The van der Waals surface area contributed by atoms with Gasteiger partial charge in [0.25, 0.3) is 0 Å². The first kappa shape index (κ1) is 21.2. The van der Waals surface area contributed by atoms with Gasteiger partial charge in [-0.1, -0.05) is 36.4 Å². The van der Waals surface area contributed by atoms with Crippen LogP contribution in [0.15, 0.2) is 66.7 Å². The van der Waals surface area contributed by atoms with E-state index in [1.54, 1.807) is 12.1 Å². The molecule has 1 heterocycles. The van der Waals surface area contributed by atoms with Crippen molar-refractivity contribution in [2.75, 3.05) is 19.9 Å². The number of aryl methyl sites for hydroxylation is 1. The van der Waals surface area contributed by atoms with Crippen molar-refractivity contribution in [2.24, 2.45) is 0 Å². The first-order chi connectivity index (χ1) is 15.1. The molecule has 3 aromatic rings. The molecule has 6 heteroatoms. The fourth-order valence-electron chi connectivity index (χ4n) is 3.59. The summed E-state index contributed by atoms with van der Waals surface area (Å²) in [6.07, 6.45) is -0.686. The van der Waals surface area contributed by atoms with E-state index in [1.165, 1.54) is 12.1 Å². The Morgan fingerprint density at radius 2 is 1.68 bits per heavy atom. The summed E-state index contributed by atoms with van der Waals surface area (Å²) in [6, 6.07) is 20.0. The number of aliphatic hydroxyl groups excluding tert-OH is 1. The Bertz CT molecular complexity index is 1010. The highest BCUT2D eigenvalue weighted by Crippen LogP contribution is 2.33. The Hall–Kier alpha value is -3.09. The number of hydrogen-bond donors (Lipinski definition) is 1. The van der Waals surface area contributed by atoms with E-state index in [9.17, 15) is 9.50 Å². The fraction of sp³-hybridized carbons (Fsp3) is 0.280. The number of hydrogen-bond acceptors (Lipinski definition) is 5. The second kappa shape index (κ2) is 9.81. The summed E-state index contributed by atoms with van der Waals surface area (Å²) in [6.45, 7) is 3.95. The maximum absolute atomic E-state index is 13.3. The van der Waals surface area contributed by atoms with Crippen molar-refractivity contribution >= 4 is 0 Å². The number of nitrogens with zero attached hydrogens (tertiary/aromatic N) is 1. The van der Waals surface area contributed by atoms with Gasteiger partial charge in [-0.2, -0.15) is 0 Å². The molecule has 1 aliphatic heterocycles. The number of aliphatic hydroxyl groups is 1. The van der Waals surface area contributed by atoms with Crippen LogP contribution in [-0.4, -0.2) is 36.1 Å². The lowest BCUT2D eigenvalue weighted by atomic mass is 10.1. The molecule has 1 aliphatic rings. The molecule has 0 bridgehead atoms. The molecule has 5 nitrogen and oxygen atoms in total. The van der Waals surface area contributed by atoms with Crippen LogP contribution in [0, 0.1) is 12.7 Å².